The molecule has 5 aromatic carbocycles. The third-order valence-corrected chi connectivity index (χ3v) is 7.35. The van der Waals surface area contributed by atoms with E-state index in [1.165, 1.54) is 0 Å². The summed E-state index contributed by atoms with van der Waals surface area (Å²) in [6.07, 6.45) is -0.269. The molecule has 226 valence electrons. The Morgan fingerprint density at radius 2 is 1.22 bits per heavy atom. The lowest BCUT2D eigenvalue weighted by Gasteiger charge is -2.18. The molecule has 0 aliphatic carbocycles. The summed E-state index contributed by atoms with van der Waals surface area (Å²) in [5.41, 5.74) is 6.52. The molecule has 0 saturated heterocycles. The number of rotatable bonds is 13. The van der Waals surface area contributed by atoms with Gasteiger partial charge in [0.2, 0.25) is 5.91 Å². The van der Waals surface area contributed by atoms with Crippen molar-refractivity contribution in [2.45, 2.75) is 32.0 Å². The van der Waals surface area contributed by atoms with E-state index in [2.05, 4.69) is 34.9 Å². The maximum atomic E-state index is 13.0. The number of carboxylic acid groups (broad SMARTS) is 1. The summed E-state index contributed by atoms with van der Waals surface area (Å²) in [5, 5.41) is 14.6. The molecular weight excluding hydrogens is 564 g/mol. The minimum Gasteiger partial charge on any atom is -0.489 e. The van der Waals surface area contributed by atoms with Crippen molar-refractivity contribution in [2.75, 3.05) is 0 Å². The Bertz CT molecular complexity index is 1720. The SMILES string of the molecule is O=C(O)CC[C@H](NC(=O)c1ccc(-c2ccc(OCc3cccc(-c4ccccc4)c3)cc2)cc1)C(=O)NCc1ccccc1. The van der Waals surface area contributed by atoms with Crippen LogP contribution in [-0.4, -0.2) is 28.9 Å². The fourth-order valence-electron chi connectivity index (χ4n) is 4.88. The van der Waals surface area contributed by atoms with E-state index in [1.807, 2.05) is 97.1 Å². The molecule has 0 spiro atoms. The Balaban J connectivity index is 1.17. The Kier molecular flexibility index (Phi) is 10.4. The molecule has 0 unspecified atom stereocenters. The van der Waals surface area contributed by atoms with Crippen molar-refractivity contribution < 1.29 is 24.2 Å². The number of carbonyl (C=O) groups is 3. The number of nitrogens with one attached hydrogen (secondary N) is 2. The Hall–Kier alpha value is -5.69. The number of carboxylic acids is 1. The Labute approximate surface area is 262 Å². The first-order chi connectivity index (χ1) is 21.9. The molecule has 0 radical (unpaired) electrons. The van der Waals surface area contributed by atoms with Gasteiger partial charge in [-0.15, -0.1) is 0 Å². The van der Waals surface area contributed by atoms with Crippen LogP contribution >= 0.6 is 0 Å². The highest BCUT2D eigenvalue weighted by molar-refractivity contribution is 5.98. The van der Waals surface area contributed by atoms with Crippen molar-refractivity contribution in [3.05, 3.63) is 150 Å². The van der Waals surface area contributed by atoms with Crippen LogP contribution in [0, 0.1) is 0 Å². The summed E-state index contributed by atoms with van der Waals surface area (Å²) >= 11 is 0. The second kappa shape index (κ2) is 15.2. The first-order valence-electron chi connectivity index (χ1n) is 14.8. The summed E-state index contributed by atoms with van der Waals surface area (Å²) in [4.78, 5) is 37.0. The molecule has 0 heterocycles. The molecule has 1 atom stereocenters. The first-order valence-corrected chi connectivity index (χ1v) is 14.8. The quantitative estimate of drug-likeness (QED) is 0.137. The van der Waals surface area contributed by atoms with Gasteiger partial charge in [0, 0.05) is 18.5 Å². The lowest BCUT2D eigenvalue weighted by atomic mass is 10.0. The predicted octanol–water partition coefficient (Wildman–Crippen LogP) is 6.88. The molecule has 45 heavy (non-hydrogen) atoms. The van der Waals surface area contributed by atoms with Gasteiger partial charge in [-0.05, 0) is 70.1 Å². The summed E-state index contributed by atoms with van der Waals surface area (Å²) in [6, 6.07) is 41.7. The zero-order chi connectivity index (χ0) is 31.4. The standard InChI is InChI=1S/C38H34N2O5/c41-36(42)23-22-35(38(44)39-25-27-8-3-1-4-9-27)40-37(43)32-16-14-30(15-17-32)31-18-20-34(21-19-31)45-26-28-10-7-13-33(24-28)29-11-5-2-6-12-29/h1-21,24,35H,22-23,25-26H2,(H,39,44)(H,40,43)(H,41,42)/t35-/m0/s1. The van der Waals surface area contributed by atoms with E-state index in [1.54, 1.807) is 12.1 Å². The van der Waals surface area contributed by atoms with Crippen molar-refractivity contribution in [2.24, 2.45) is 0 Å². The second-order valence-electron chi connectivity index (χ2n) is 10.6. The molecule has 3 N–H and O–H groups in total. The molecule has 0 bridgehead atoms. The van der Waals surface area contributed by atoms with Crippen LogP contribution in [0.2, 0.25) is 0 Å². The highest BCUT2D eigenvalue weighted by atomic mass is 16.5. The second-order valence-corrected chi connectivity index (χ2v) is 10.6. The van der Waals surface area contributed by atoms with Crippen LogP contribution in [0.4, 0.5) is 0 Å². The number of hydrogen-bond donors (Lipinski definition) is 3. The zero-order valence-electron chi connectivity index (χ0n) is 24.7. The van der Waals surface area contributed by atoms with Gasteiger partial charge in [-0.2, -0.15) is 0 Å². The van der Waals surface area contributed by atoms with Crippen molar-refractivity contribution in [1.82, 2.24) is 10.6 Å². The molecule has 0 aliphatic heterocycles. The highest BCUT2D eigenvalue weighted by Gasteiger charge is 2.22. The normalized spacial score (nSPS) is 11.3. The topological polar surface area (TPSA) is 105 Å². The van der Waals surface area contributed by atoms with Crippen LogP contribution < -0.4 is 15.4 Å². The minimum atomic E-state index is -1.04. The van der Waals surface area contributed by atoms with E-state index in [0.29, 0.717) is 12.2 Å². The molecule has 0 aliphatic rings. The van der Waals surface area contributed by atoms with Gasteiger partial charge < -0.3 is 20.5 Å². The summed E-state index contributed by atoms with van der Waals surface area (Å²) in [7, 11) is 0. The van der Waals surface area contributed by atoms with Crippen LogP contribution in [0.3, 0.4) is 0 Å². The summed E-state index contributed by atoms with van der Waals surface area (Å²) in [5.74, 6) is -1.18. The van der Waals surface area contributed by atoms with Gasteiger partial charge in [0.15, 0.2) is 0 Å². The van der Waals surface area contributed by atoms with Gasteiger partial charge in [0.25, 0.3) is 5.91 Å². The third kappa shape index (κ3) is 8.91. The lowest BCUT2D eigenvalue weighted by Crippen LogP contribution is -2.46. The highest BCUT2D eigenvalue weighted by Crippen LogP contribution is 2.25. The Morgan fingerprint density at radius 1 is 0.644 bits per heavy atom. The maximum Gasteiger partial charge on any atom is 0.303 e. The zero-order valence-corrected chi connectivity index (χ0v) is 24.7. The molecule has 7 heteroatoms. The number of hydrogen-bond acceptors (Lipinski definition) is 4. The van der Waals surface area contributed by atoms with Gasteiger partial charge in [0.1, 0.15) is 18.4 Å². The Morgan fingerprint density at radius 3 is 1.89 bits per heavy atom. The first kappa shape index (κ1) is 30.8. The smallest absolute Gasteiger partial charge is 0.303 e. The average molecular weight is 599 g/mol. The van der Waals surface area contributed by atoms with Crippen LogP contribution in [-0.2, 0) is 22.7 Å². The van der Waals surface area contributed by atoms with Crippen molar-refractivity contribution in [3.8, 4) is 28.0 Å². The van der Waals surface area contributed by atoms with Crippen LogP contribution in [0.5, 0.6) is 5.75 Å². The third-order valence-electron chi connectivity index (χ3n) is 7.35. The average Bonchev–Trinajstić information content (AvgIpc) is 3.09. The molecular formula is C38H34N2O5. The summed E-state index contributed by atoms with van der Waals surface area (Å²) in [6.45, 7) is 0.723. The fourth-order valence-corrected chi connectivity index (χ4v) is 4.88. The number of aliphatic carboxylic acids is 1. The molecule has 5 aromatic rings. The van der Waals surface area contributed by atoms with Gasteiger partial charge in [-0.3, -0.25) is 14.4 Å². The molecule has 0 saturated carbocycles. The van der Waals surface area contributed by atoms with E-state index in [0.717, 1.165) is 39.1 Å². The molecule has 0 aromatic heterocycles. The van der Waals surface area contributed by atoms with E-state index < -0.39 is 23.8 Å². The van der Waals surface area contributed by atoms with Crippen molar-refractivity contribution in [1.29, 1.82) is 0 Å². The molecule has 7 nitrogen and oxygen atoms in total. The van der Waals surface area contributed by atoms with E-state index in [4.69, 9.17) is 9.84 Å². The largest absolute Gasteiger partial charge is 0.489 e. The van der Waals surface area contributed by atoms with E-state index >= 15 is 0 Å². The number of carbonyl (C=O) groups excluding carboxylic acids is 2. The van der Waals surface area contributed by atoms with Crippen molar-refractivity contribution in [3.63, 3.8) is 0 Å². The van der Waals surface area contributed by atoms with Gasteiger partial charge in [0.05, 0.1) is 0 Å². The van der Waals surface area contributed by atoms with Crippen molar-refractivity contribution >= 4 is 17.8 Å². The monoisotopic (exact) mass is 598 g/mol. The van der Waals surface area contributed by atoms with E-state index in [9.17, 15) is 14.4 Å². The van der Waals surface area contributed by atoms with Gasteiger partial charge in [-0.25, -0.2) is 0 Å². The molecule has 2 amide bonds. The number of amides is 2. The summed E-state index contributed by atoms with van der Waals surface area (Å²) < 4.78 is 6.04. The maximum absolute atomic E-state index is 13.0. The van der Waals surface area contributed by atoms with Gasteiger partial charge in [-0.1, -0.05) is 103 Å². The molecule has 5 rings (SSSR count). The number of ether oxygens (including phenoxy) is 1. The van der Waals surface area contributed by atoms with Crippen LogP contribution in [0.15, 0.2) is 133 Å². The minimum absolute atomic E-state index is 0.0212. The predicted molar refractivity (Wildman–Crippen MR) is 175 cm³/mol. The van der Waals surface area contributed by atoms with Crippen LogP contribution in [0.25, 0.3) is 22.3 Å². The van der Waals surface area contributed by atoms with Crippen LogP contribution in [0.1, 0.15) is 34.3 Å². The number of benzene rings is 5. The molecule has 0 fully saturated rings. The van der Waals surface area contributed by atoms with E-state index in [-0.39, 0.29) is 19.4 Å². The fraction of sp³-hybridized carbons (Fsp3) is 0.132. The van der Waals surface area contributed by atoms with Gasteiger partial charge >= 0.3 is 5.97 Å². The lowest BCUT2D eigenvalue weighted by molar-refractivity contribution is -0.137.